The molecule has 3 rings (SSSR count). The zero-order valence-electron chi connectivity index (χ0n) is 17.7. The minimum Gasteiger partial charge on any atom is -0.357 e. The second kappa shape index (κ2) is 11.5. The molecule has 30 heavy (non-hydrogen) atoms. The zero-order valence-corrected chi connectivity index (χ0v) is 20.0. The molecule has 0 saturated carbocycles. The lowest BCUT2D eigenvalue weighted by Gasteiger charge is -2.40. The molecule has 1 atom stereocenters. The maximum Gasteiger partial charge on any atom is 0.194 e. The Morgan fingerprint density at radius 2 is 1.93 bits per heavy atom. The number of aromatic nitrogens is 3. The van der Waals surface area contributed by atoms with E-state index in [0.29, 0.717) is 12.1 Å². The van der Waals surface area contributed by atoms with Crippen LogP contribution in [0.4, 0.5) is 8.78 Å². The van der Waals surface area contributed by atoms with Crippen LogP contribution in [0.2, 0.25) is 0 Å². The van der Waals surface area contributed by atoms with Gasteiger partial charge in [0.05, 0.1) is 0 Å². The highest BCUT2D eigenvalue weighted by molar-refractivity contribution is 14.0. The van der Waals surface area contributed by atoms with Gasteiger partial charge in [-0.1, -0.05) is 13.0 Å². The van der Waals surface area contributed by atoms with Crippen molar-refractivity contribution in [1.29, 1.82) is 0 Å². The molecule has 1 saturated heterocycles. The molecule has 166 valence electrons. The summed E-state index contributed by atoms with van der Waals surface area (Å²) in [6.45, 7) is 8.43. The van der Waals surface area contributed by atoms with E-state index in [1.165, 1.54) is 6.07 Å². The molecule has 1 unspecified atom stereocenters. The summed E-state index contributed by atoms with van der Waals surface area (Å²) in [7, 11) is 1.90. The molecular weight excluding hydrogens is 503 g/mol. The van der Waals surface area contributed by atoms with Crippen LogP contribution in [-0.2, 0) is 13.6 Å². The summed E-state index contributed by atoms with van der Waals surface area (Å²) in [6, 6.07) is 3.81. The molecule has 1 aliphatic heterocycles. The number of hydrogen-bond acceptors (Lipinski definition) is 4. The molecule has 2 heterocycles. The number of aliphatic imine (C=N–C) groups is 1. The van der Waals surface area contributed by atoms with E-state index in [1.807, 2.05) is 25.5 Å². The van der Waals surface area contributed by atoms with Crippen LogP contribution in [0.5, 0.6) is 0 Å². The van der Waals surface area contributed by atoms with Crippen LogP contribution in [0.1, 0.15) is 37.7 Å². The van der Waals surface area contributed by atoms with E-state index >= 15 is 0 Å². The maximum absolute atomic E-state index is 14.3. The maximum atomic E-state index is 14.3. The van der Waals surface area contributed by atoms with Crippen LogP contribution in [-0.4, -0.2) is 63.2 Å². The van der Waals surface area contributed by atoms with Crippen LogP contribution in [0.15, 0.2) is 29.5 Å². The van der Waals surface area contributed by atoms with Gasteiger partial charge in [-0.2, -0.15) is 0 Å². The van der Waals surface area contributed by atoms with Gasteiger partial charge in [0.2, 0.25) is 0 Å². The van der Waals surface area contributed by atoms with E-state index in [0.717, 1.165) is 57.0 Å². The van der Waals surface area contributed by atoms with Gasteiger partial charge >= 0.3 is 0 Å². The van der Waals surface area contributed by atoms with Crippen molar-refractivity contribution in [3.63, 3.8) is 0 Å². The topological polar surface area (TPSA) is 61.6 Å². The fourth-order valence-corrected chi connectivity index (χ4v) is 3.71. The van der Waals surface area contributed by atoms with Gasteiger partial charge in [0.25, 0.3) is 0 Å². The Balaban J connectivity index is 0.00000320. The number of nitrogens with zero attached hydrogens (tertiary/aromatic N) is 6. The molecule has 0 bridgehead atoms. The third-order valence-electron chi connectivity index (χ3n) is 5.27. The second-order valence-electron chi connectivity index (χ2n) is 7.14. The fourth-order valence-electron chi connectivity index (χ4n) is 3.71. The lowest BCUT2D eigenvalue weighted by Crippen LogP contribution is -2.53. The molecule has 0 aliphatic carbocycles. The first-order chi connectivity index (χ1) is 14.0. The van der Waals surface area contributed by atoms with Crippen molar-refractivity contribution in [2.24, 2.45) is 12.0 Å². The Kier molecular flexibility index (Phi) is 9.40. The summed E-state index contributed by atoms with van der Waals surface area (Å²) in [5, 5.41) is 11.3. The molecule has 2 aromatic rings. The van der Waals surface area contributed by atoms with Crippen molar-refractivity contribution < 1.29 is 8.78 Å². The van der Waals surface area contributed by atoms with Crippen molar-refractivity contribution in [1.82, 2.24) is 29.9 Å². The largest absolute Gasteiger partial charge is 0.357 e. The van der Waals surface area contributed by atoms with E-state index < -0.39 is 11.6 Å². The van der Waals surface area contributed by atoms with E-state index in [4.69, 9.17) is 4.99 Å². The van der Waals surface area contributed by atoms with E-state index in [-0.39, 0.29) is 30.0 Å². The molecule has 10 heteroatoms. The summed E-state index contributed by atoms with van der Waals surface area (Å²) in [4.78, 5) is 9.18. The highest BCUT2D eigenvalue weighted by Gasteiger charge is 2.27. The molecule has 1 fully saturated rings. The van der Waals surface area contributed by atoms with Gasteiger partial charge in [0.1, 0.15) is 24.5 Å². The van der Waals surface area contributed by atoms with E-state index in [9.17, 15) is 8.78 Å². The predicted octanol–water partition coefficient (Wildman–Crippen LogP) is 2.95. The SMILES string of the molecule is CCNC(=NCc1nncn1C)N1CCN(C(CC)c2ccc(F)cc2F)CC1.I. The number of benzene rings is 1. The Morgan fingerprint density at radius 3 is 2.50 bits per heavy atom. The average molecular weight is 533 g/mol. The van der Waals surface area contributed by atoms with Gasteiger partial charge in [0.15, 0.2) is 11.8 Å². The fraction of sp³-hybridized carbons (Fsp3) is 0.550. The summed E-state index contributed by atoms with van der Waals surface area (Å²) in [5.74, 6) is 0.631. The quantitative estimate of drug-likeness (QED) is 0.352. The Bertz CT molecular complexity index is 834. The first-order valence-corrected chi connectivity index (χ1v) is 10.1. The van der Waals surface area contributed by atoms with Gasteiger partial charge in [0, 0.05) is 57.4 Å². The van der Waals surface area contributed by atoms with Crippen LogP contribution in [0, 0.1) is 11.6 Å². The Labute approximate surface area is 193 Å². The number of nitrogens with one attached hydrogen (secondary N) is 1. The normalized spacial score (nSPS) is 16.3. The van der Waals surface area contributed by atoms with Crippen molar-refractivity contribution in [2.75, 3.05) is 32.7 Å². The van der Waals surface area contributed by atoms with Gasteiger partial charge in [-0.05, 0) is 19.4 Å². The summed E-state index contributed by atoms with van der Waals surface area (Å²) in [6.07, 6.45) is 2.43. The molecule has 1 aromatic carbocycles. The van der Waals surface area contributed by atoms with Crippen LogP contribution < -0.4 is 5.32 Å². The van der Waals surface area contributed by atoms with Crippen molar-refractivity contribution in [3.8, 4) is 0 Å². The smallest absolute Gasteiger partial charge is 0.194 e. The predicted molar refractivity (Wildman–Crippen MR) is 124 cm³/mol. The monoisotopic (exact) mass is 533 g/mol. The number of piperazine rings is 1. The Hall–Kier alpha value is -1.82. The van der Waals surface area contributed by atoms with Gasteiger partial charge < -0.3 is 14.8 Å². The van der Waals surface area contributed by atoms with Crippen molar-refractivity contribution in [3.05, 3.63) is 47.5 Å². The number of guanidine groups is 1. The third-order valence-corrected chi connectivity index (χ3v) is 5.27. The lowest BCUT2D eigenvalue weighted by atomic mass is 10.0. The minimum absolute atomic E-state index is 0. The lowest BCUT2D eigenvalue weighted by molar-refractivity contribution is 0.124. The third kappa shape index (κ3) is 5.87. The number of hydrogen-bond donors (Lipinski definition) is 1. The number of halogens is 3. The summed E-state index contributed by atoms with van der Waals surface area (Å²) in [5.41, 5.74) is 0.560. The van der Waals surface area contributed by atoms with E-state index in [1.54, 1.807) is 12.4 Å². The first-order valence-electron chi connectivity index (χ1n) is 10.1. The number of aryl methyl sites for hydroxylation is 1. The average Bonchev–Trinajstić information content (AvgIpc) is 3.12. The van der Waals surface area contributed by atoms with Crippen LogP contribution in [0.3, 0.4) is 0 Å². The molecule has 0 radical (unpaired) electrons. The summed E-state index contributed by atoms with van der Waals surface area (Å²) >= 11 is 0. The van der Waals surface area contributed by atoms with Gasteiger partial charge in [-0.3, -0.25) is 4.90 Å². The van der Waals surface area contributed by atoms with Crippen LogP contribution >= 0.6 is 24.0 Å². The van der Waals surface area contributed by atoms with Gasteiger partial charge in [-0.15, -0.1) is 34.2 Å². The molecular formula is C20H30F2IN7. The summed E-state index contributed by atoms with van der Waals surface area (Å²) < 4.78 is 29.4. The molecule has 0 spiro atoms. The number of rotatable bonds is 6. The zero-order chi connectivity index (χ0) is 20.8. The first kappa shape index (κ1) is 24.4. The minimum atomic E-state index is -0.541. The van der Waals surface area contributed by atoms with Crippen LogP contribution in [0.25, 0.3) is 0 Å². The van der Waals surface area contributed by atoms with Gasteiger partial charge in [-0.25, -0.2) is 13.8 Å². The molecule has 0 amide bonds. The van der Waals surface area contributed by atoms with Crippen molar-refractivity contribution >= 4 is 29.9 Å². The highest BCUT2D eigenvalue weighted by Crippen LogP contribution is 2.28. The second-order valence-corrected chi connectivity index (χ2v) is 7.14. The molecule has 1 aliphatic rings. The van der Waals surface area contributed by atoms with Crippen molar-refractivity contribution in [2.45, 2.75) is 32.9 Å². The highest BCUT2D eigenvalue weighted by atomic mass is 127. The Morgan fingerprint density at radius 1 is 1.20 bits per heavy atom. The van der Waals surface area contributed by atoms with E-state index in [2.05, 4.69) is 25.3 Å². The molecule has 1 N–H and O–H groups in total. The molecule has 1 aromatic heterocycles. The standard InChI is InChI=1S/C20H29F2N7.HI/c1-4-18(16-7-6-15(21)12-17(16)22)28-8-10-29(11-9-28)20(23-5-2)24-13-19-26-25-14-27(19)3;/h6-7,12,14,18H,4-5,8-11,13H2,1-3H3,(H,23,24);1H. The molecule has 7 nitrogen and oxygen atoms in total.